The molecule has 2 rings (SSSR count). The van der Waals surface area contributed by atoms with Crippen LogP contribution in [0.1, 0.15) is 16.1 Å². The van der Waals surface area contributed by atoms with Crippen molar-refractivity contribution in [2.45, 2.75) is 11.4 Å². The maximum Gasteiger partial charge on any atom is 0.352 e. The van der Waals surface area contributed by atoms with Crippen LogP contribution >= 0.6 is 0 Å². The van der Waals surface area contributed by atoms with E-state index >= 15 is 0 Å². The Morgan fingerprint density at radius 3 is 2.67 bits per heavy atom. The van der Waals surface area contributed by atoms with E-state index in [9.17, 15) is 17.6 Å². The van der Waals surface area contributed by atoms with E-state index in [1.807, 2.05) is 0 Å². The Hall–Kier alpha value is -2.19. The molecule has 0 radical (unpaired) electrons. The van der Waals surface area contributed by atoms with Gasteiger partial charge in [-0.15, -0.1) is 0 Å². The lowest BCUT2D eigenvalue weighted by atomic mass is 10.2. The van der Waals surface area contributed by atoms with E-state index < -0.39 is 21.8 Å². The zero-order valence-corrected chi connectivity index (χ0v) is 11.9. The van der Waals surface area contributed by atoms with Crippen LogP contribution in [0.4, 0.5) is 4.39 Å². The highest BCUT2D eigenvalue weighted by Gasteiger charge is 2.23. The number of H-pyrrole nitrogens is 1. The standard InChI is InChI=1S/C13H13FN2O4S/c1-16(8-9-3-2-4-10(14)5-9)21(19,20)11-6-12(13(17)18)15-7-11/h2-7,15H,8H2,1H3,(H,17,18). The maximum atomic E-state index is 13.1. The molecule has 1 aromatic heterocycles. The number of aromatic carboxylic acids is 1. The second-order valence-electron chi connectivity index (χ2n) is 4.45. The Labute approximate surface area is 120 Å². The van der Waals surface area contributed by atoms with Crippen LogP contribution in [0.3, 0.4) is 0 Å². The Kier molecular flexibility index (Phi) is 4.10. The van der Waals surface area contributed by atoms with Crippen molar-refractivity contribution < 1.29 is 22.7 Å². The van der Waals surface area contributed by atoms with E-state index in [4.69, 9.17) is 5.11 Å². The molecular formula is C13H13FN2O4S. The predicted octanol–water partition coefficient (Wildman–Crippen LogP) is 1.67. The summed E-state index contributed by atoms with van der Waals surface area (Å²) in [5, 5.41) is 8.79. The molecule has 0 amide bonds. The molecule has 0 fully saturated rings. The molecule has 21 heavy (non-hydrogen) atoms. The van der Waals surface area contributed by atoms with Crippen LogP contribution < -0.4 is 0 Å². The number of nitrogens with one attached hydrogen (secondary N) is 1. The van der Waals surface area contributed by atoms with Crippen LogP contribution in [0.2, 0.25) is 0 Å². The van der Waals surface area contributed by atoms with Crippen molar-refractivity contribution in [1.29, 1.82) is 0 Å². The van der Waals surface area contributed by atoms with Crippen molar-refractivity contribution >= 4 is 16.0 Å². The second kappa shape index (κ2) is 5.66. The van der Waals surface area contributed by atoms with E-state index in [0.29, 0.717) is 5.56 Å². The summed E-state index contributed by atoms with van der Waals surface area (Å²) < 4.78 is 38.7. The van der Waals surface area contributed by atoms with Gasteiger partial charge in [0.1, 0.15) is 16.4 Å². The molecule has 112 valence electrons. The van der Waals surface area contributed by atoms with Crippen LogP contribution in [0, 0.1) is 5.82 Å². The largest absolute Gasteiger partial charge is 0.477 e. The molecule has 0 spiro atoms. The lowest BCUT2D eigenvalue weighted by molar-refractivity contribution is 0.0691. The minimum absolute atomic E-state index is 0.0202. The van der Waals surface area contributed by atoms with E-state index in [1.54, 1.807) is 6.07 Å². The highest BCUT2D eigenvalue weighted by molar-refractivity contribution is 7.89. The third-order valence-corrected chi connectivity index (χ3v) is 4.67. The zero-order valence-electron chi connectivity index (χ0n) is 11.1. The minimum atomic E-state index is -3.85. The first-order valence-corrected chi connectivity index (χ1v) is 7.37. The number of aromatic amines is 1. The number of hydrogen-bond donors (Lipinski definition) is 2. The Morgan fingerprint density at radius 2 is 2.10 bits per heavy atom. The van der Waals surface area contributed by atoms with Gasteiger partial charge in [-0.05, 0) is 23.8 Å². The molecule has 0 atom stereocenters. The van der Waals surface area contributed by atoms with Crippen molar-refractivity contribution in [2.75, 3.05) is 7.05 Å². The lowest BCUT2D eigenvalue weighted by Crippen LogP contribution is -2.26. The fraction of sp³-hybridized carbons (Fsp3) is 0.154. The zero-order chi connectivity index (χ0) is 15.6. The molecule has 1 aromatic carbocycles. The summed E-state index contributed by atoms with van der Waals surface area (Å²) in [4.78, 5) is 13.0. The van der Waals surface area contributed by atoms with Crippen molar-refractivity contribution in [1.82, 2.24) is 9.29 Å². The van der Waals surface area contributed by atoms with Crippen LogP contribution in [0.25, 0.3) is 0 Å². The summed E-state index contributed by atoms with van der Waals surface area (Å²) in [7, 11) is -2.51. The fourth-order valence-electron chi connectivity index (χ4n) is 1.80. The molecule has 0 aliphatic rings. The molecule has 8 heteroatoms. The molecule has 0 saturated heterocycles. The number of halogens is 1. The Morgan fingerprint density at radius 1 is 1.38 bits per heavy atom. The van der Waals surface area contributed by atoms with E-state index in [-0.39, 0.29) is 17.1 Å². The van der Waals surface area contributed by atoms with Gasteiger partial charge in [-0.25, -0.2) is 17.6 Å². The van der Waals surface area contributed by atoms with Gasteiger partial charge in [-0.1, -0.05) is 12.1 Å². The fourth-order valence-corrected chi connectivity index (χ4v) is 2.96. The monoisotopic (exact) mass is 312 g/mol. The number of carboxylic acid groups (broad SMARTS) is 1. The highest BCUT2D eigenvalue weighted by Crippen LogP contribution is 2.18. The first-order valence-electron chi connectivity index (χ1n) is 5.93. The summed E-state index contributed by atoms with van der Waals surface area (Å²) >= 11 is 0. The average Bonchev–Trinajstić information content (AvgIpc) is 2.89. The van der Waals surface area contributed by atoms with Gasteiger partial charge >= 0.3 is 5.97 Å². The molecular weight excluding hydrogens is 299 g/mol. The molecule has 0 aliphatic heterocycles. The topological polar surface area (TPSA) is 90.5 Å². The summed E-state index contributed by atoms with van der Waals surface area (Å²) in [5.41, 5.74) is 0.280. The lowest BCUT2D eigenvalue weighted by Gasteiger charge is -2.16. The number of carbonyl (C=O) groups is 1. The van der Waals surface area contributed by atoms with Gasteiger partial charge in [0.15, 0.2) is 0 Å². The summed E-state index contributed by atoms with van der Waals surface area (Å²) in [6.45, 7) is -0.0202. The summed E-state index contributed by atoms with van der Waals surface area (Å²) in [6, 6.07) is 6.65. The normalized spacial score (nSPS) is 11.8. The van der Waals surface area contributed by atoms with E-state index in [2.05, 4.69) is 4.98 Å². The van der Waals surface area contributed by atoms with Crippen LogP contribution in [0.15, 0.2) is 41.4 Å². The number of sulfonamides is 1. The number of rotatable bonds is 5. The highest BCUT2D eigenvalue weighted by atomic mass is 32.2. The van der Waals surface area contributed by atoms with Crippen molar-refractivity contribution in [2.24, 2.45) is 0 Å². The van der Waals surface area contributed by atoms with Crippen LogP contribution in [-0.2, 0) is 16.6 Å². The van der Waals surface area contributed by atoms with E-state index in [1.165, 1.54) is 25.2 Å². The molecule has 0 bridgehead atoms. The smallest absolute Gasteiger partial charge is 0.352 e. The average molecular weight is 312 g/mol. The van der Waals surface area contributed by atoms with Gasteiger partial charge in [-0.3, -0.25) is 0 Å². The van der Waals surface area contributed by atoms with Gasteiger partial charge < -0.3 is 10.1 Å². The first-order chi connectivity index (χ1) is 9.80. The van der Waals surface area contributed by atoms with Crippen molar-refractivity contribution in [3.8, 4) is 0 Å². The first kappa shape index (κ1) is 15.2. The third-order valence-electron chi connectivity index (χ3n) is 2.89. The molecule has 2 N–H and O–H groups in total. The summed E-state index contributed by atoms with van der Waals surface area (Å²) in [6.07, 6.45) is 1.11. The predicted molar refractivity (Wildman–Crippen MR) is 72.8 cm³/mol. The van der Waals surface area contributed by atoms with Gasteiger partial charge in [0.05, 0.1) is 0 Å². The van der Waals surface area contributed by atoms with Crippen molar-refractivity contribution in [3.63, 3.8) is 0 Å². The van der Waals surface area contributed by atoms with Crippen LogP contribution in [0.5, 0.6) is 0 Å². The third kappa shape index (κ3) is 3.29. The van der Waals surface area contributed by atoms with Crippen molar-refractivity contribution in [3.05, 3.63) is 53.6 Å². The SMILES string of the molecule is CN(Cc1cccc(F)c1)S(=O)(=O)c1c[nH]c(C(=O)O)c1. The molecule has 2 aromatic rings. The van der Waals surface area contributed by atoms with Gasteiger partial charge in [0, 0.05) is 19.8 Å². The minimum Gasteiger partial charge on any atom is -0.477 e. The van der Waals surface area contributed by atoms with E-state index in [0.717, 1.165) is 16.6 Å². The van der Waals surface area contributed by atoms with Gasteiger partial charge in [0.25, 0.3) is 0 Å². The molecule has 6 nitrogen and oxygen atoms in total. The number of carboxylic acids is 1. The summed E-state index contributed by atoms with van der Waals surface area (Å²) in [5.74, 6) is -1.70. The van der Waals surface area contributed by atoms with Crippen LogP contribution in [-0.4, -0.2) is 35.8 Å². The van der Waals surface area contributed by atoms with Gasteiger partial charge in [0.2, 0.25) is 10.0 Å². The maximum absolute atomic E-state index is 13.1. The molecule has 0 aliphatic carbocycles. The molecule has 1 heterocycles. The quantitative estimate of drug-likeness (QED) is 0.878. The number of benzene rings is 1. The second-order valence-corrected chi connectivity index (χ2v) is 6.49. The number of hydrogen-bond acceptors (Lipinski definition) is 3. The molecule has 0 saturated carbocycles. The van der Waals surface area contributed by atoms with Gasteiger partial charge in [-0.2, -0.15) is 4.31 Å². The number of nitrogens with zero attached hydrogens (tertiary/aromatic N) is 1. The Balaban J connectivity index is 2.23. The Bertz CT molecular complexity index is 770. The molecule has 0 unspecified atom stereocenters. The number of aromatic nitrogens is 1.